The number of hydrogen-bond donors (Lipinski definition) is 0. The summed E-state index contributed by atoms with van der Waals surface area (Å²) in [7, 11) is -32.2. The first-order valence-electron chi connectivity index (χ1n) is 49.2. The molecule has 145 heavy (non-hydrogen) atoms. The van der Waals surface area contributed by atoms with Crippen LogP contribution in [0.1, 0.15) is 172 Å². The molecule has 0 heterocycles. The quantitative estimate of drug-likeness (QED) is 0.00861. The molecule has 1 atom stereocenters. The lowest BCUT2D eigenvalue weighted by Crippen LogP contribution is -3.00. The second-order valence-corrected chi connectivity index (χ2v) is 56.5. The fourth-order valence-corrected chi connectivity index (χ4v) is 37.0. The molecule has 0 bridgehead atoms. The number of quaternary nitrogens is 1. The van der Waals surface area contributed by atoms with Gasteiger partial charge >= 0.3 is 13.1 Å². The van der Waals surface area contributed by atoms with Crippen molar-refractivity contribution in [2.45, 2.75) is 177 Å². The van der Waals surface area contributed by atoms with E-state index in [1.807, 2.05) is 0 Å². The predicted molar refractivity (Wildman–Crippen MR) is 603 cm³/mol. The highest BCUT2D eigenvalue weighted by Gasteiger charge is 2.51. The number of halogens is 7. The van der Waals surface area contributed by atoms with Crippen LogP contribution in [0.3, 0.4) is 0 Å². The minimum atomic E-state index is -5.92. The topological polar surface area (TPSA) is 255 Å². The average Bonchev–Trinajstić information content (AvgIpc) is 0.745. The van der Waals surface area contributed by atoms with E-state index in [9.17, 15) is 65.4 Å². The second-order valence-electron chi connectivity index (χ2n) is 34.0. The summed E-state index contributed by atoms with van der Waals surface area (Å²) in [6.45, 7) is 28.7. The van der Waals surface area contributed by atoms with Gasteiger partial charge in [0, 0.05) is 26.4 Å². The molecule has 12 aromatic carbocycles. The average molecular weight is 2180 g/mol. The van der Waals surface area contributed by atoms with Crippen molar-refractivity contribution in [2.24, 2.45) is 0 Å². The molecule has 0 aliphatic carbocycles. The molecule has 0 radical (unpaired) electrons. The molecule has 0 saturated heterocycles. The van der Waals surface area contributed by atoms with Crippen LogP contribution in [0.15, 0.2) is 364 Å². The number of alkyl halides is 3. The normalized spacial score (nSPS) is 11.9. The van der Waals surface area contributed by atoms with Gasteiger partial charge in [0.1, 0.15) is 93.0 Å². The van der Waals surface area contributed by atoms with Crippen LogP contribution in [-0.4, -0.2) is 144 Å². The van der Waals surface area contributed by atoms with Crippen LogP contribution in [0.2, 0.25) is 0 Å². The highest BCUT2D eigenvalue weighted by Crippen LogP contribution is 2.62. The maximum atomic E-state index is 11.4. The van der Waals surface area contributed by atoms with Crippen molar-refractivity contribution in [3.05, 3.63) is 368 Å². The van der Waals surface area contributed by atoms with Crippen LogP contribution in [0, 0.1) is 0 Å². The molecule has 0 aliphatic rings. The van der Waals surface area contributed by atoms with E-state index >= 15 is 0 Å². The van der Waals surface area contributed by atoms with Gasteiger partial charge in [-0.1, -0.05) is 325 Å². The Morgan fingerprint density at radius 3 is 0.552 bits per heavy atom. The summed E-state index contributed by atoms with van der Waals surface area (Å²) in [4.78, 5) is 10.0. The monoisotopic (exact) mass is 2170 g/mol. The van der Waals surface area contributed by atoms with Gasteiger partial charge in [-0.25, -0.2) is 33.7 Å². The molecule has 12 aromatic rings. The van der Waals surface area contributed by atoms with Crippen LogP contribution < -0.4 is 73.3 Å². The maximum Gasteiger partial charge on any atom is 0.762 e. The first-order valence-corrected chi connectivity index (χ1v) is 65.5. The zero-order valence-electron chi connectivity index (χ0n) is 86.2. The molecule has 0 saturated carbocycles. The number of rotatable bonds is 42. The Morgan fingerprint density at radius 2 is 0.469 bits per heavy atom. The SMILES string of the molecule is CCCC[N+](CCCC)(CCCC)CCCC.CCCC[P+](CCCC)(CCCC)CCCC.CCOP(C)(=O)[O-].CCOS(=O)(=O)[O-].CS(=O)(=O)[N-]S(=O)(=O)C(F)(F)F.CS(=O)(=O)[O-].FB(F)F.[F-].c1ccc([P+](c2ccccc2)(c2ccccc2)c2ccccc2)cc1.c1ccc([P+](c2ccccc2)(c2ccccc2)c2ccccc2)cc1.c1ccc([P+](c2ccccc2)(c2ccccc2)c2ccccc2)cc1. The molecule has 1 unspecified atom stereocenters. The summed E-state index contributed by atoms with van der Waals surface area (Å²) in [5, 5.41) is 16.7. The Kier molecular flexibility index (Phi) is 65.4. The summed E-state index contributed by atoms with van der Waals surface area (Å²) in [5.74, 6) is 0. The van der Waals surface area contributed by atoms with Crippen molar-refractivity contribution >= 4 is 148 Å². The van der Waals surface area contributed by atoms with Gasteiger partial charge < -0.3 is 36.4 Å². The van der Waals surface area contributed by atoms with E-state index in [0.29, 0.717) is 6.26 Å². The number of benzene rings is 12. The van der Waals surface area contributed by atoms with E-state index in [1.54, 1.807) is 35.7 Å². The van der Waals surface area contributed by atoms with Gasteiger partial charge in [-0.3, -0.25) is 17.1 Å². The summed E-state index contributed by atoms with van der Waals surface area (Å²) in [6, 6.07) is 131. The Hall–Kier alpha value is -8.32. The van der Waals surface area contributed by atoms with Gasteiger partial charge in [0.15, 0.2) is 10.0 Å². The highest BCUT2D eigenvalue weighted by molar-refractivity contribution is 8.12. The van der Waals surface area contributed by atoms with Crippen molar-refractivity contribution in [3.8, 4) is 0 Å². The molecule has 0 spiro atoms. The van der Waals surface area contributed by atoms with E-state index in [-0.39, 0.29) is 24.2 Å². The van der Waals surface area contributed by atoms with Crippen LogP contribution >= 0.6 is 36.6 Å². The van der Waals surface area contributed by atoms with Crippen molar-refractivity contribution in [1.82, 2.24) is 0 Å². The fourth-order valence-electron chi connectivity index (χ4n) is 16.4. The Morgan fingerprint density at radius 1 is 0.317 bits per heavy atom. The van der Waals surface area contributed by atoms with E-state index in [4.69, 9.17) is 13.0 Å². The van der Waals surface area contributed by atoms with Gasteiger partial charge in [-0.15, -0.1) is 0 Å². The highest BCUT2D eigenvalue weighted by atomic mass is 32.3. The molecule has 0 aromatic heterocycles. The number of hydrogen-bond acceptors (Lipinski definition) is 14. The summed E-state index contributed by atoms with van der Waals surface area (Å²) in [5.41, 5.74) is -5.67. The molecule has 12 rings (SSSR count). The molecule has 794 valence electrons. The smallest absolute Gasteiger partial charge is 0.762 e. The van der Waals surface area contributed by atoms with Gasteiger partial charge in [0.05, 0.1) is 84.2 Å². The lowest BCUT2D eigenvalue weighted by molar-refractivity contribution is -0.929. The fraction of sp³-hybridized carbons (Fsp3) is 0.357. The number of nitrogens with zero attached hydrogens (tertiary/aromatic N) is 2. The lowest BCUT2D eigenvalue weighted by atomic mass is 10.1. The van der Waals surface area contributed by atoms with Crippen molar-refractivity contribution in [3.63, 3.8) is 0 Å². The minimum absolute atomic E-state index is 0. The Bertz CT molecular complexity index is 4880. The van der Waals surface area contributed by atoms with Crippen LogP contribution in [0.4, 0.5) is 26.1 Å². The van der Waals surface area contributed by atoms with Gasteiger partial charge in [0.25, 0.3) is 0 Å². The molecular formula is C112H151BF7N2O14P5S4. The Labute approximate surface area is 867 Å². The summed E-state index contributed by atoms with van der Waals surface area (Å²) >= 11 is 0. The largest absolute Gasteiger partial charge is 1.00 e. The van der Waals surface area contributed by atoms with Crippen molar-refractivity contribution in [2.75, 3.05) is 83.2 Å². The molecule has 0 amide bonds. The molecule has 0 aliphatic heterocycles. The van der Waals surface area contributed by atoms with Gasteiger partial charge in [-0.05, 0) is 211 Å². The van der Waals surface area contributed by atoms with Gasteiger partial charge in [0.2, 0.25) is 10.4 Å². The van der Waals surface area contributed by atoms with E-state index < -0.39 is 90.3 Å². The first kappa shape index (κ1) is 133. The zero-order valence-corrected chi connectivity index (χ0v) is 94.0. The third kappa shape index (κ3) is 48.9. The number of unbranched alkanes of at least 4 members (excludes halogenated alkanes) is 8. The van der Waals surface area contributed by atoms with Crippen LogP contribution in [0.5, 0.6) is 0 Å². The van der Waals surface area contributed by atoms with E-state index in [2.05, 4.69) is 428 Å². The van der Waals surface area contributed by atoms with Crippen molar-refractivity contribution in [1.29, 1.82) is 0 Å². The van der Waals surface area contributed by atoms with Gasteiger partial charge in [-0.2, -0.15) is 13.2 Å². The van der Waals surface area contributed by atoms with Crippen molar-refractivity contribution < 1.29 is 96.2 Å². The molecule has 16 nitrogen and oxygen atoms in total. The molecular weight excluding hydrogens is 2020 g/mol. The van der Waals surface area contributed by atoms with Crippen LogP contribution in [0.25, 0.3) is 4.13 Å². The molecule has 0 fully saturated rings. The predicted octanol–water partition coefficient (Wildman–Crippen LogP) is 21.0. The van der Waals surface area contributed by atoms with Crippen LogP contribution in [-0.2, 0) is 53.8 Å². The lowest BCUT2D eigenvalue weighted by Gasteiger charge is -2.39. The zero-order chi connectivity index (χ0) is 107. The Balaban J connectivity index is 0.000000569. The third-order valence-electron chi connectivity index (χ3n) is 22.8. The first-order chi connectivity index (χ1) is 68.6. The minimum Gasteiger partial charge on any atom is -1.00 e. The second kappa shape index (κ2) is 71.4. The maximum absolute atomic E-state index is 11.4. The number of sulfonamides is 2. The molecule has 0 N–H and O–H groups in total. The van der Waals surface area contributed by atoms with E-state index in [0.717, 1.165) is 6.66 Å². The molecule has 33 heteroatoms. The summed E-state index contributed by atoms with van der Waals surface area (Å²) in [6.07, 6.45) is 29.9. The van der Waals surface area contributed by atoms with E-state index in [1.165, 1.54) is 204 Å². The summed E-state index contributed by atoms with van der Waals surface area (Å²) < 4.78 is 180. The standard InChI is InChI=1S/3C24H20P.C16H36N.C16H36P.C3H9O3P.C2H3F3NO4S2.C2H6O4S.CH4O3S.BF3.FH/c3*1-5-13-21(14-6-1)25(22-15-7-2-8-16-22,23-17-9-3-10-18-23)24-19-11-4-12-20-24;2*1-5-9-13-17(14-10-6-2,15-11-7-3)16-12-8-4;1-3-6-7(2,4)5;1-11(7,8)6-12(9,10)2(3,4)5;1-2-6-7(3,4)5;1-5(2,3)4;2-1(3)4;/h3*1-20H;2*5-16H2,1-4H3;3H2,1-2H3,(H,4,5);1H3;2H2,1H3,(H,3,4,5);1H3,(H,2,3,4);;1H/q5*+1;;-1;;;;/p-4. The third-order valence-corrected chi connectivity index (χ3v) is 44.4.